The van der Waals surface area contributed by atoms with Crippen LogP contribution >= 0.6 is 35.0 Å². The van der Waals surface area contributed by atoms with Crippen LogP contribution in [-0.4, -0.2) is 35.1 Å². The normalized spacial score (nSPS) is 11.8. The molecule has 0 radical (unpaired) electrons. The number of rotatable bonds is 12. The summed E-state index contributed by atoms with van der Waals surface area (Å²) in [5.74, 6) is 0.835. The molecule has 1 unspecified atom stereocenters. The summed E-state index contributed by atoms with van der Waals surface area (Å²) in [6.07, 6.45) is 2.43. The Bertz CT molecular complexity index is 907. The molecule has 174 valence electrons. The van der Waals surface area contributed by atoms with Crippen LogP contribution < -0.4 is 5.32 Å². The van der Waals surface area contributed by atoms with Gasteiger partial charge in [0.25, 0.3) is 0 Å². The summed E-state index contributed by atoms with van der Waals surface area (Å²) in [7, 11) is 0. The molecule has 0 aliphatic heterocycles. The standard InChI is InChI=1S/C25H32Cl2N2O2S/c1-4-6-13-28-25(31)23(5-2)29(15-19-11-12-21(26)14-22(19)27)24(30)17-32-16-20-10-8-7-9-18(20)3/h7-12,14,23H,4-6,13,15-17H2,1-3H3,(H,28,31). The van der Waals surface area contributed by atoms with Crippen LogP contribution in [-0.2, 0) is 21.9 Å². The Kier molecular flexibility index (Phi) is 11.4. The number of carbonyl (C=O) groups excluding carboxylic acids is 2. The van der Waals surface area contributed by atoms with Gasteiger partial charge in [0.2, 0.25) is 11.8 Å². The Labute approximate surface area is 206 Å². The Morgan fingerprint density at radius 2 is 1.84 bits per heavy atom. The Balaban J connectivity index is 2.16. The van der Waals surface area contributed by atoms with E-state index in [1.165, 1.54) is 11.1 Å². The summed E-state index contributed by atoms with van der Waals surface area (Å²) >= 11 is 14.0. The molecule has 0 heterocycles. The van der Waals surface area contributed by atoms with E-state index in [9.17, 15) is 9.59 Å². The van der Waals surface area contributed by atoms with Gasteiger partial charge in [0.05, 0.1) is 5.75 Å². The highest BCUT2D eigenvalue weighted by Gasteiger charge is 2.28. The number of nitrogens with one attached hydrogen (secondary N) is 1. The van der Waals surface area contributed by atoms with E-state index in [1.54, 1.807) is 28.8 Å². The van der Waals surface area contributed by atoms with Crippen molar-refractivity contribution >= 4 is 46.8 Å². The van der Waals surface area contributed by atoms with Gasteiger partial charge in [-0.25, -0.2) is 0 Å². The molecular formula is C25H32Cl2N2O2S. The number of aryl methyl sites for hydroxylation is 1. The van der Waals surface area contributed by atoms with Crippen LogP contribution in [0.1, 0.15) is 49.8 Å². The van der Waals surface area contributed by atoms with Gasteiger partial charge in [-0.05, 0) is 48.6 Å². The number of thioether (sulfide) groups is 1. The van der Waals surface area contributed by atoms with E-state index < -0.39 is 6.04 Å². The molecule has 0 aliphatic carbocycles. The van der Waals surface area contributed by atoms with E-state index in [4.69, 9.17) is 23.2 Å². The summed E-state index contributed by atoms with van der Waals surface area (Å²) in [5, 5.41) is 4.00. The lowest BCUT2D eigenvalue weighted by molar-refractivity contribution is -0.139. The first-order valence-corrected chi connectivity index (χ1v) is 12.9. The molecule has 0 saturated heterocycles. The zero-order valence-electron chi connectivity index (χ0n) is 19.0. The number of nitrogens with zero attached hydrogens (tertiary/aromatic N) is 1. The van der Waals surface area contributed by atoms with Gasteiger partial charge < -0.3 is 10.2 Å². The minimum atomic E-state index is -0.551. The summed E-state index contributed by atoms with van der Waals surface area (Å²) in [4.78, 5) is 27.8. The average molecular weight is 496 g/mol. The smallest absolute Gasteiger partial charge is 0.242 e. The molecule has 0 saturated carbocycles. The van der Waals surface area contributed by atoms with Crippen LogP contribution in [0.5, 0.6) is 0 Å². The van der Waals surface area contributed by atoms with Crippen LogP contribution in [0.15, 0.2) is 42.5 Å². The van der Waals surface area contributed by atoms with E-state index in [-0.39, 0.29) is 24.1 Å². The molecule has 1 atom stereocenters. The van der Waals surface area contributed by atoms with Crippen molar-refractivity contribution in [3.8, 4) is 0 Å². The summed E-state index contributed by atoms with van der Waals surface area (Å²) in [6.45, 7) is 6.94. The third-order valence-electron chi connectivity index (χ3n) is 5.32. The molecule has 32 heavy (non-hydrogen) atoms. The molecule has 2 amide bonds. The topological polar surface area (TPSA) is 49.4 Å². The lowest BCUT2D eigenvalue weighted by Gasteiger charge is -2.31. The molecule has 0 fully saturated rings. The summed E-state index contributed by atoms with van der Waals surface area (Å²) < 4.78 is 0. The lowest BCUT2D eigenvalue weighted by atomic mass is 10.1. The number of hydrogen-bond acceptors (Lipinski definition) is 3. The van der Waals surface area contributed by atoms with Crippen molar-refractivity contribution in [2.45, 2.75) is 58.4 Å². The minimum absolute atomic E-state index is 0.0768. The number of halogens is 2. The molecule has 0 aromatic heterocycles. The summed E-state index contributed by atoms with van der Waals surface area (Å²) in [5.41, 5.74) is 3.19. The fourth-order valence-electron chi connectivity index (χ4n) is 3.36. The monoisotopic (exact) mass is 494 g/mol. The van der Waals surface area contributed by atoms with Gasteiger partial charge in [0.1, 0.15) is 6.04 Å². The maximum Gasteiger partial charge on any atom is 0.242 e. The minimum Gasteiger partial charge on any atom is -0.354 e. The van der Waals surface area contributed by atoms with E-state index in [2.05, 4.69) is 31.3 Å². The first kappa shape index (κ1) is 26.6. The average Bonchev–Trinajstić information content (AvgIpc) is 2.76. The van der Waals surface area contributed by atoms with Crippen molar-refractivity contribution in [3.63, 3.8) is 0 Å². The first-order chi connectivity index (χ1) is 15.4. The molecule has 0 spiro atoms. The van der Waals surface area contributed by atoms with Crippen LogP contribution in [0.25, 0.3) is 0 Å². The number of carbonyl (C=O) groups is 2. The highest BCUT2D eigenvalue weighted by molar-refractivity contribution is 7.99. The molecule has 0 bridgehead atoms. The largest absolute Gasteiger partial charge is 0.354 e. The third-order valence-corrected chi connectivity index (χ3v) is 6.87. The number of amides is 2. The van der Waals surface area contributed by atoms with Gasteiger partial charge >= 0.3 is 0 Å². The second-order valence-electron chi connectivity index (χ2n) is 7.75. The molecule has 2 aromatic carbocycles. The molecule has 2 rings (SSSR count). The zero-order chi connectivity index (χ0) is 23.5. The highest BCUT2D eigenvalue weighted by Crippen LogP contribution is 2.25. The summed E-state index contributed by atoms with van der Waals surface area (Å²) in [6, 6.07) is 12.8. The Morgan fingerprint density at radius 3 is 2.50 bits per heavy atom. The fourth-order valence-corrected chi connectivity index (χ4v) is 4.82. The number of benzene rings is 2. The van der Waals surface area contributed by atoms with E-state index in [1.807, 2.05) is 25.1 Å². The molecule has 0 aliphatic rings. The highest BCUT2D eigenvalue weighted by atomic mass is 35.5. The first-order valence-electron chi connectivity index (χ1n) is 11.0. The van der Waals surface area contributed by atoms with Gasteiger partial charge in [0.15, 0.2) is 0 Å². The van der Waals surface area contributed by atoms with Gasteiger partial charge in [-0.1, -0.05) is 73.8 Å². The second-order valence-corrected chi connectivity index (χ2v) is 9.57. The predicted molar refractivity (Wildman–Crippen MR) is 136 cm³/mol. The lowest BCUT2D eigenvalue weighted by Crippen LogP contribution is -2.49. The van der Waals surface area contributed by atoms with Crippen LogP contribution in [0.3, 0.4) is 0 Å². The molecule has 7 heteroatoms. The molecule has 2 aromatic rings. The van der Waals surface area contributed by atoms with Gasteiger partial charge in [-0.3, -0.25) is 9.59 Å². The van der Waals surface area contributed by atoms with Crippen molar-refractivity contribution in [1.29, 1.82) is 0 Å². The molecular weight excluding hydrogens is 463 g/mol. The van der Waals surface area contributed by atoms with E-state index >= 15 is 0 Å². The van der Waals surface area contributed by atoms with Gasteiger partial charge in [-0.2, -0.15) is 0 Å². The predicted octanol–water partition coefficient (Wildman–Crippen LogP) is 6.26. The van der Waals surface area contributed by atoms with Crippen molar-refractivity contribution in [2.24, 2.45) is 0 Å². The fraction of sp³-hybridized carbons (Fsp3) is 0.440. The third kappa shape index (κ3) is 8.02. The van der Waals surface area contributed by atoms with Crippen LogP contribution in [0.4, 0.5) is 0 Å². The number of unbranched alkanes of at least 4 members (excludes halogenated alkanes) is 1. The van der Waals surface area contributed by atoms with Crippen LogP contribution in [0, 0.1) is 6.92 Å². The van der Waals surface area contributed by atoms with Crippen molar-refractivity contribution < 1.29 is 9.59 Å². The van der Waals surface area contributed by atoms with Gasteiger partial charge in [-0.15, -0.1) is 11.8 Å². The van der Waals surface area contributed by atoms with Gasteiger partial charge in [0, 0.05) is 28.9 Å². The SMILES string of the molecule is CCCCNC(=O)C(CC)N(Cc1ccc(Cl)cc1Cl)C(=O)CSCc1ccccc1C. The molecule has 4 nitrogen and oxygen atoms in total. The quantitative estimate of drug-likeness (QED) is 0.354. The van der Waals surface area contributed by atoms with E-state index in [0.29, 0.717) is 23.0 Å². The zero-order valence-corrected chi connectivity index (χ0v) is 21.3. The van der Waals surface area contributed by atoms with Crippen molar-refractivity contribution in [2.75, 3.05) is 12.3 Å². The maximum atomic E-state index is 13.3. The van der Waals surface area contributed by atoms with Crippen molar-refractivity contribution in [3.05, 3.63) is 69.2 Å². The van der Waals surface area contributed by atoms with Crippen LogP contribution in [0.2, 0.25) is 10.0 Å². The Morgan fingerprint density at radius 1 is 1.09 bits per heavy atom. The maximum absolute atomic E-state index is 13.3. The Hall–Kier alpha value is -1.69. The second kappa shape index (κ2) is 13.8. The van der Waals surface area contributed by atoms with E-state index in [0.717, 1.165) is 24.2 Å². The number of hydrogen-bond donors (Lipinski definition) is 1. The molecule has 1 N–H and O–H groups in total. The van der Waals surface area contributed by atoms with Crippen molar-refractivity contribution in [1.82, 2.24) is 10.2 Å².